The van der Waals surface area contributed by atoms with Crippen LogP contribution in [0.4, 0.5) is 18.9 Å². The molecule has 0 aliphatic heterocycles. The van der Waals surface area contributed by atoms with E-state index in [1.807, 2.05) is 22.6 Å². The summed E-state index contributed by atoms with van der Waals surface area (Å²) in [5.41, 5.74) is -0.439. The monoisotopic (exact) mass is 395 g/mol. The van der Waals surface area contributed by atoms with Gasteiger partial charge in [0, 0.05) is 16.8 Å². The largest absolute Gasteiger partial charge is 0.321 e. The highest BCUT2D eigenvalue weighted by molar-refractivity contribution is 14.1. The molecule has 0 radical (unpaired) electrons. The summed E-state index contributed by atoms with van der Waals surface area (Å²) in [6, 6.07) is 3.77. The highest BCUT2D eigenvalue weighted by Crippen LogP contribution is 2.24. The number of carbonyl (C=O) groups is 1. The van der Waals surface area contributed by atoms with Crippen molar-refractivity contribution in [1.82, 2.24) is 9.78 Å². The van der Waals surface area contributed by atoms with Crippen molar-refractivity contribution < 1.29 is 18.0 Å². The van der Waals surface area contributed by atoms with Crippen molar-refractivity contribution in [2.75, 3.05) is 5.32 Å². The zero-order valence-corrected chi connectivity index (χ0v) is 12.4. The first kappa shape index (κ1) is 14.8. The Bertz CT molecular complexity index is 657. The summed E-state index contributed by atoms with van der Waals surface area (Å²) < 4.78 is 40.1. The Balaban J connectivity index is 2.28. The molecule has 106 valence electrons. The Hall–Kier alpha value is -1.58. The summed E-state index contributed by atoms with van der Waals surface area (Å²) in [7, 11) is 1.45. The van der Waals surface area contributed by atoms with E-state index in [0.717, 1.165) is 4.68 Å². The van der Waals surface area contributed by atoms with E-state index >= 15 is 0 Å². The van der Waals surface area contributed by atoms with E-state index in [4.69, 9.17) is 0 Å². The average molecular weight is 395 g/mol. The lowest BCUT2D eigenvalue weighted by Crippen LogP contribution is -2.14. The van der Waals surface area contributed by atoms with Crippen molar-refractivity contribution in [2.24, 2.45) is 7.05 Å². The maximum Gasteiger partial charge on any atom is 0.282 e. The lowest BCUT2D eigenvalue weighted by atomic mass is 10.2. The summed E-state index contributed by atoms with van der Waals surface area (Å²) in [6.45, 7) is 0. The first-order chi connectivity index (χ1) is 9.38. The number of alkyl halides is 2. The van der Waals surface area contributed by atoms with Gasteiger partial charge in [-0.2, -0.15) is 5.10 Å². The number of halogens is 4. The van der Waals surface area contributed by atoms with Gasteiger partial charge < -0.3 is 5.32 Å². The molecule has 0 fully saturated rings. The van der Waals surface area contributed by atoms with Gasteiger partial charge in [0.15, 0.2) is 0 Å². The second-order valence-corrected chi connectivity index (χ2v) is 5.14. The van der Waals surface area contributed by atoms with E-state index in [2.05, 4.69) is 10.4 Å². The lowest BCUT2D eigenvalue weighted by Gasteiger charge is -2.07. The van der Waals surface area contributed by atoms with Gasteiger partial charge >= 0.3 is 0 Å². The van der Waals surface area contributed by atoms with E-state index in [1.54, 1.807) is 0 Å². The number of carbonyl (C=O) groups excluding carboxylic acids is 1. The molecule has 0 spiro atoms. The maximum atomic E-state index is 13.0. The fraction of sp³-hybridized carbons (Fsp3) is 0.167. The normalized spacial score (nSPS) is 10.9. The number of benzene rings is 1. The summed E-state index contributed by atoms with van der Waals surface area (Å²) in [5, 5.41) is 6.02. The van der Waals surface area contributed by atoms with Crippen molar-refractivity contribution in [3.05, 3.63) is 45.0 Å². The van der Waals surface area contributed by atoms with Crippen LogP contribution in [0.1, 0.15) is 22.5 Å². The van der Waals surface area contributed by atoms with Crippen LogP contribution in [0.5, 0.6) is 0 Å². The maximum absolute atomic E-state index is 13.0. The SMILES string of the molecule is Cn1cc(C(=O)Nc2ccc(F)cc2I)c(C(F)F)n1. The fourth-order valence-corrected chi connectivity index (χ4v) is 2.23. The second kappa shape index (κ2) is 5.81. The molecule has 1 heterocycles. The number of nitrogens with zero attached hydrogens (tertiary/aromatic N) is 2. The van der Waals surface area contributed by atoms with Crippen LogP contribution in [0.25, 0.3) is 0 Å². The number of amides is 1. The molecular formula is C12H9F3IN3O. The number of nitrogens with one attached hydrogen (secondary N) is 1. The standard InChI is InChI=1S/C12H9F3IN3O/c1-19-5-7(10(18-19)11(14)15)12(20)17-9-3-2-6(13)4-8(9)16/h2-5,11H,1H3,(H,17,20). The first-order valence-corrected chi connectivity index (χ1v) is 6.54. The third-order valence-electron chi connectivity index (χ3n) is 2.49. The molecular weight excluding hydrogens is 386 g/mol. The third kappa shape index (κ3) is 3.11. The molecule has 0 saturated heterocycles. The van der Waals surface area contributed by atoms with E-state index < -0.39 is 23.8 Å². The molecule has 0 unspecified atom stereocenters. The smallest absolute Gasteiger partial charge is 0.282 e. The quantitative estimate of drug-likeness (QED) is 0.811. The average Bonchev–Trinajstić information content (AvgIpc) is 2.75. The van der Waals surface area contributed by atoms with E-state index in [9.17, 15) is 18.0 Å². The summed E-state index contributed by atoms with van der Waals surface area (Å²) in [6.07, 6.45) is -1.63. The van der Waals surface area contributed by atoms with Gasteiger partial charge in [-0.25, -0.2) is 13.2 Å². The topological polar surface area (TPSA) is 46.9 Å². The molecule has 1 aromatic carbocycles. The van der Waals surface area contributed by atoms with Crippen LogP contribution in [0, 0.1) is 9.39 Å². The van der Waals surface area contributed by atoms with E-state index in [-0.39, 0.29) is 5.56 Å². The number of hydrogen-bond acceptors (Lipinski definition) is 2. The number of aryl methyl sites for hydroxylation is 1. The van der Waals surface area contributed by atoms with Gasteiger partial charge in [0.1, 0.15) is 11.5 Å². The molecule has 1 amide bonds. The summed E-state index contributed by atoms with van der Waals surface area (Å²) in [4.78, 5) is 12.0. The van der Waals surface area contributed by atoms with Gasteiger partial charge in [0.2, 0.25) is 0 Å². The molecule has 0 saturated carbocycles. The molecule has 0 bridgehead atoms. The molecule has 2 rings (SSSR count). The highest BCUT2D eigenvalue weighted by Gasteiger charge is 2.23. The van der Waals surface area contributed by atoms with Gasteiger partial charge in [0.05, 0.1) is 11.3 Å². The number of hydrogen-bond donors (Lipinski definition) is 1. The predicted molar refractivity (Wildman–Crippen MR) is 75.2 cm³/mol. The Morgan fingerprint density at radius 1 is 1.45 bits per heavy atom. The summed E-state index contributed by atoms with van der Waals surface area (Å²) in [5.74, 6) is -1.15. The number of rotatable bonds is 3. The molecule has 1 aromatic heterocycles. The molecule has 4 nitrogen and oxygen atoms in total. The van der Waals surface area contributed by atoms with E-state index in [1.165, 1.54) is 31.4 Å². The van der Waals surface area contributed by atoms with E-state index in [0.29, 0.717) is 9.26 Å². The lowest BCUT2D eigenvalue weighted by molar-refractivity contribution is 0.101. The van der Waals surface area contributed by atoms with Crippen LogP contribution < -0.4 is 5.32 Å². The van der Waals surface area contributed by atoms with Crippen LogP contribution in [0.3, 0.4) is 0 Å². The molecule has 0 atom stereocenters. The minimum Gasteiger partial charge on any atom is -0.321 e. The minimum atomic E-state index is -2.84. The fourth-order valence-electron chi connectivity index (χ4n) is 1.62. The zero-order chi connectivity index (χ0) is 14.9. The number of aromatic nitrogens is 2. The van der Waals surface area contributed by atoms with Gasteiger partial charge in [-0.15, -0.1) is 0 Å². The van der Waals surface area contributed by atoms with Crippen LogP contribution >= 0.6 is 22.6 Å². The highest BCUT2D eigenvalue weighted by atomic mass is 127. The van der Waals surface area contributed by atoms with Crippen molar-refractivity contribution in [3.8, 4) is 0 Å². The minimum absolute atomic E-state index is 0.206. The second-order valence-electron chi connectivity index (χ2n) is 3.98. The van der Waals surface area contributed by atoms with Gasteiger partial charge in [0.25, 0.3) is 12.3 Å². The van der Waals surface area contributed by atoms with Crippen molar-refractivity contribution in [1.29, 1.82) is 0 Å². The molecule has 2 aromatic rings. The Labute approximate surface area is 126 Å². The van der Waals surface area contributed by atoms with Gasteiger partial charge in [-0.1, -0.05) is 0 Å². The number of anilines is 1. The third-order valence-corrected chi connectivity index (χ3v) is 3.38. The molecule has 20 heavy (non-hydrogen) atoms. The van der Waals surface area contributed by atoms with Gasteiger partial charge in [-0.3, -0.25) is 9.48 Å². The zero-order valence-electron chi connectivity index (χ0n) is 10.2. The Kier molecular flexibility index (Phi) is 4.31. The molecule has 8 heteroatoms. The first-order valence-electron chi connectivity index (χ1n) is 5.46. The molecule has 1 N–H and O–H groups in total. The van der Waals surface area contributed by atoms with Gasteiger partial charge in [-0.05, 0) is 40.8 Å². The summed E-state index contributed by atoms with van der Waals surface area (Å²) >= 11 is 1.84. The predicted octanol–water partition coefficient (Wildman–Crippen LogP) is 3.35. The van der Waals surface area contributed by atoms with Crippen LogP contribution in [0.2, 0.25) is 0 Å². The van der Waals surface area contributed by atoms with Crippen LogP contribution in [0.15, 0.2) is 24.4 Å². The van der Waals surface area contributed by atoms with Crippen molar-refractivity contribution in [2.45, 2.75) is 6.43 Å². The Morgan fingerprint density at radius 2 is 2.15 bits per heavy atom. The Morgan fingerprint density at radius 3 is 2.75 bits per heavy atom. The molecule has 0 aliphatic rings. The van der Waals surface area contributed by atoms with Crippen molar-refractivity contribution >= 4 is 34.2 Å². The molecule has 0 aliphatic carbocycles. The van der Waals surface area contributed by atoms with Crippen molar-refractivity contribution in [3.63, 3.8) is 0 Å². The van der Waals surface area contributed by atoms with Crippen LogP contribution in [-0.2, 0) is 7.05 Å². The van der Waals surface area contributed by atoms with Crippen LogP contribution in [-0.4, -0.2) is 15.7 Å².